The Bertz CT molecular complexity index is 718. The summed E-state index contributed by atoms with van der Waals surface area (Å²) in [5.74, 6) is 0.289. The Kier molecular flexibility index (Phi) is 4.15. The third-order valence-corrected chi connectivity index (χ3v) is 2.82. The maximum Gasteiger partial charge on any atom is 0.269 e. The first-order valence-electron chi connectivity index (χ1n) is 5.98. The van der Waals surface area contributed by atoms with Gasteiger partial charge in [-0.05, 0) is 36.8 Å². The Morgan fingerprint density at radius 2 is 2.14 bits per heavy atom. The highest BCUT2D eigenvalue weighted by Crippen LogP contribution is 2.28. The van der Waals surface area contributed by atoms with Gasteiger partial charge in [-0.25, -0.2) is 5.48 Å². The standard InChI is InChI=1S/C14H12N2O5/c1-9-8-10(16(19)20)2-5-12(9)13-6-3-11(21-13)4-7-14(17)15-18/h2-8,18H,1H3,(H,15,17)/b7-4+. The van der Waals surface area contributed by atoms with Crippen LogP contribution in [-0.2, 0) is 4.79 Å². The maximum absolute atomic E-state index is 10.9. The molecule has 0 atom stereocenters. The highest BCUT2D eigenvalue weighted by atomic mass is 16.6. The molecule has 1 aromatic heterocycles. The van der Waals surface area contributed by atoms with Crippen LogP contribution in [0.25, 0.3) is 17.4 Å². The highest BCUT2D eigenvalue weighted by Gasteiger charge is 2.11. The summed E-state index contributed by atoms with van der Waals surface area (Å²) in [4.78, 5) is 21.1. The van der Waals surface area contributed by atoms with Crippen LogP contribution >= 0.6 is 0 Å². The fourth-order valence-electron chi connectivity index (χ4n) is 1.82. The molecule has 0 aliphatic rings. The number of hydrogen-bond donors (Lipinski definition) is 2. The zero-order valence-electron chi connectivity index (χ0n) is 11.1. The molecule has 2 aromatic rings. The summed E-state index contributed by atoms with van der Waals surface area (Å²) in [6, 6.07) is 7.83. The Morgan fingerprint density at radius 1 is 1.38 bits per heavy atom. The number of nitro benzene ring substituents is 1. The zero-order valence-corrected chi connectivity index (χ0v) is 11.1. The summed E-state index contributed by atoms with van der Waals surface area (Å²) in [6.45, 7) is 1.75. The van der Waals surface area contributed by atoms with Crippen molar-refractivity contribution in [1.82, 2.24) is 5.48 Å². The van der Waals surface area contributed by atoms with Crippen molar-refractivity contribution < 1.29 is 19.3 Å². The Hall–Kier alpha value is -2.93. The number of non-ortho nitro benzene ring substituents is 1. The number of aryl methyl sites for hydroxylation is 1. The topological polar surface area (TPSA) is 106 Å². The predicted octanol–water partition coefficient (Wildman–Crippen LogP) is 2.68. The molecule has 2 N–H and O–H groups in total. The number of amides is 1. The summed E-state index contributed by atoms with van der Waals surface area (Å²) < 4.78 is 5.53. The molecule has 0 aliphatic carbocycles. The van der Waals surface area contributed by atoms with E-state index >= 15 is 0 Å². The average Bonchev–Trinajstić information content (AvgIpc) is 2.93. The molecular weight excluding hydrogens is 276 g/mol. The molecule has 0 saturated heterocycles. The van der Waals surface area contributed by atoms with Crippen molar-refractivity contribution in [2.75, 3.05) is 0 Å². The molecule has 0 aliphatic heterocycles. The van der Waals surface area contributed by atoms with E-state index in [0.717, 1.165) is 11.6 Å². The molecule has 1 aromatic carbocycles. The quantitative estimate of drug-likeness (QED) is 0.389. The Morgan fingerprint density at radius 3 is 2.76 bits per heavy atom. The van der Waals surface area contributed by atoms with Crippen molar-refractivity contribution >= 4 is 17.7 Å². The second kappa shape index (κ2) is 6.02. The molecule has 0 fully saturated rings. The van der Waals surface area contributed by atoms with E-state index in [-0.39, 0.29) is 5.69 Å². The van der Waals surface area contributed by atoms with E-state index in [1.807, 2.05) is 0 Å². The number of carbonyl (C=O) groups excluding carboxylic acids is 1. The second-order valence-corrected chi connectivity index (χ2v) is 4.27. The molecular formula is C14H12N2O5. The van der Waals surface area contributed by atoms with Crippen molar-refractivity contribution in [2.24, 2.45) is 0 Å². The number of nitrogens with one attached hydrogen (secondary N) is 1. The SMILES string of the molecule is Cc1cc([N+](=O)[O-])ccc1-c1ccc(/C=C/C(=O)NO)o1. The van der Waals surface area contributed by atoms with Gasteiger partial charge in [0.15, 0.2) is 0 Å². The molecule has 2 rings (SSSR count). The summed E-state index contributed by atoms with van der Waals surface area (Å²) in [5, 5.41) is 19.1. The van der Waals surface area contributed by atoms with Gasteiger partial charge in [0, 0.05) is 23.8 Å². The minimum atomic E-state index is -0.667. The van der Waals surface area contributed by atoms with Crippen LogP contribution in [0.4, 0.5) is 5.69 Å². The van der Waals surface area contributed by atoms with Crippen LogP contribution in [-0.4, -0.2) is 16.0 Å². The monoisotopic (exact) mass is 288 g/mol. The molecule has 1 amide bonds. The third-order valence-electron chi connectivity index (χ3n) is 2.82. The first kappa shape index (κ1) is 14.5. The van der Waals surface area contributed by atoms with E-state index in [1.54, 1.807) is 25.1 Å². The van der Waals surface area contributed by atoms with Gasteiger partial charge in [-0.3, -0.25) is 20.1 Å². The van der Waals surface area contributed by atoms with Gasteiger partial charge >= 0.3 is 0 Å². The Balaban J connectivity index is 2.27. The lowest BCUT2D eigenvalue weighted by atomic mass is 10.1. The first-order chi connectivity index (χ1) is 10.0. The Labute approximate surface area is 119 Å². The smallest absolute Gasteiger partial charge is 0.269 e. The lowest BCUT2D eigenvalue weighted by Crippen LogP contribution is -2.14. The van der Waals surface area contributed by atoms with E-state index in [2.05, 4.69) is 0 Å². The molecule has 7 nitrogen and oxygen atoms in total. The first-order valence-corrected chi connectivity index (χ1v) is 5.98. The predicted molar refractivity (Wildman–Crippen MR) is 74.5 cm³/mol. The highest BCUT2D eigenvalue weighted by molar-refractivity contribution is 5.90. The van der Waals surface area contributed by atoms with Crippen molar-refractivity contribution in [3.05, 3.63) is 57.8 Å². The van der Waals surface area contributed by atoms with Crippen LogP contribution < -0.4 is 5.48 Å². The van der Waals surface area contributed by atoms with E-state index in [0.29, 0.717) is 17.1 Å². The molecule has 21 heavy (non-hydrogen) atoms. The number of hydroxylamine groups is 1. The molecule has 0 unspecified atom stereocenters. The van der Waals surface area contributed by atoms with Crippen molar-refractivity contribution in [3.63, 3.8) is 0 Å². The van der Waals surface area contributed by atoms with Gasteiger partial charge in [0.1, 0.15) is 11.5 Å². The minimum absolute atomic E-state index is 0.0162. The van der Waals surface area contributed by atoms with Gasteiger partial charge in [0.25, 0.3) is 11.6 Å². The molecule has 7 heteroatoms. The summed E-state index contributed by atoms with van der Waals surface area (Å²) in [5.41, 5.74) is 2.92. The number of nitrogens with zero attached hydrogens (tertiary/aromatic N) is 1. The summed E-state index contributed by atoms with van der Waals surface area (Å²) >= 11 is 0. The van der Waals surface area contributed by atoms with Gasteiger partial charge < -0.3 is 4.42 Å². The normalized spacial score (nSPS) is 10.8. The van der Waals surface area contributed by atoms with Crippen molar-refractivity contribution in [2.45, 2.75) is 6.92 Å². The van der Waals surface area contributed by atoms with Gasteiger partial charge in [-0.15, -0.1) is 0 Å². The fourth-order valence-corrected chi connectivity index (χ4v) is 1.82. The molecule has 0 bridgehead atoms. The van der Waals surface area contributed by atoms with E-state index < -0.39 is 10.8 Å². The number of rotatable bonds is 4. The number of benzene rings is 1. The second-order valence-electron chi connectivity index (χ2n) is 4.27. The lowest BCUT2D eigenvalue weighted by molar-refractivity contribution is -0.384. The molecule has 0 spiro atoms. The van der Waals surface area contributed by atoms with E-state index in [1.165, 1.54) is 23.7 Å². The summed E-state index contributed by atoms with van der Waals surface area (Å²) in [7, 11) is 0. The van der Waals surface area contributed by atoms with Crippen LogP contribution in [0.2, 0.25) is 0 Å². The van der Waals surface area contributed by atoms with Crippen LogP contribution in [0, 0.1) is 17.0 Å². The number of carbonyl (C=O) groups is 1. The number of furan rings is 1. The molecule has 108 valence electrons. The zero-order chi connectivity index (χ0) is 15.4. The molecule has 0 saturated carbocycles. The van der Waals surface area contributed by atoms with Gasteiger partial charge in [0.05, 0.1) is 4.92 Å². The summed E-state index contributed by atoms with van der Waals surface area (Å²) in [6.07, 6.45) is 2.51. The van der Waals surface area contributed by atoms with Crippen LogP contribution in [0.15, 0.2) is 40.8 Å². The average molecular weight is 288 g/mol. The third kappa shape index (κ3) is 3.34. The van der Waals surface area contributed by atoms with Crippen LogP contribution in [0.1, 0.15) is 11.3 Å². The molecule has 1 heterocycles. The largest absolute Gasteiger partial charge is 0.457 e. The van der Waals surface area contributed by atoms with Gasteiger partial charge in [-0.1, -0.05) is 0 Å². The lowest BCUT2D eigenvalue weighted by Gasteiger charge is -2.02. The van der Waals surface area contributed by atoms with Gasteiger partial charge in [-0.2, -0.15) is 0 Å². The maximum atomic E-state index is 10.9. The molecule has 0 radical (unpaired) electrons. The fraction of sp³-hybridized carbons (Fsp3) is 0.0714. The number of nitro groups is 1. The van der Waals surface area contributed by atoms with Crippen molar-refractivity contribution in [3.8, 4) is 11.3 Å². The van der Waals surface area contributed by atoms with Gasteiger partial charge in [0.2, 0.25) is 0 Å². The van der Waals surface area contributed by atoms with E-state index in [4.69, 9.17) is 9.62 Å². The van der Waals surface area contributed by atoms with E-state index in [9.17, 15) is 14.9 Å². The van der Waals surface area contributed by atoms with Crippen LogP contribution in [0.5, 0.6) is 0 Å². The van der Waals surface area contributed by atoms with Crippen LogP contribution in [0.3, 0.4) is 0 Å². The van der Waals surface area contributed by atoms with Crippen molar-refractivity contribution in [1.29, 1.82) is 0 Å². The number of hydrogen-bond acceptors (Lipinski definition) is 5. The minimum Gasteiger partial charge on any atom is -0.457 e.